The molecule has 1 aliphatic rings. The highest BCUT2D eigenvalue weighted by Crippen LogP contribution is 2.13. The van der Waals surface area contributed by atoms with Crippen molar-refractivity contribution in [2.75, 3.05) is 19.6 Å². The molecule has 1 fully saturated rings. The fraction of sp³-hybridized carbons (Fsp3) is 0.846. The number of aliphatic hydroxyl groups is 1. The molecule has 1 rings (SSSR count). The highest BCUT2D eigenvalue weighted by molar-refractivity contribution is 5.13. The number of rotatable bonds is 2. The van der Waals surface area contributed by atoms with E-state index >= 15 is 0 Å². The van der Waals surface area contributed by atoms with Crippen LogP contribution in [0.25, 0.3) is 0 Å². The molecular formula is C13H24NO+. The van der Waals surface area contributed by atoms with Crippen LogP contribution in [0.2, 0.25) is 0 Å². The zero-order valence-electron chi connectivity index (χ0n) is 10.3. The van der Waals surface area contributed by atoms with Gasteiger partial charge >= 0.3 is 0 Å². The molecule has 1 saturated heterocycles. The summed E-state index contributed by atoms with van der Waals surface area (Å²) in [5, 5.41) is 9.94. The highest BCUT2D eigenvalue weighted by atomic mass is 16.3. The van der Waals surface area contributed by atoms with Gasteiger partial charge in [-0.25, -0.2) is 0 Å². The lowest BCUT2D eigenvalue weighted by atomic mass is 9.93. The van der Waals surface area contributed by atoms with E-state index in [2.05, 4.69) is 11.8 Å². The van der Waals surface area contributed by atoms with E-state index in [1.165, 1.54) is 32.4 Å². The fourth-order valence-electron chi connectivity index (χ4n) is 1.72. The number of nitrogens with one attached hydrogen (secondary N) is 1. The smallest absolute Gasteiger partial charge is 0.139 e. The maximum absolute atomic E-state index is 9.94. The normalized spacial score (nSPS) is 21.9. The first-order chi connectivity index (χ1) is 7.02. The molecule has 0 radical (unpaired) electrons. The highest BCUT2D eigenvalue weighted by Gasteiger charge is 2.21. The minimum Gasteiger partial charge on any atom is -0.378 e. The van der Waals surface area contributed by atoms with Crippen LogP contribution < -0.4 is 4.90 Å². The second kappa shape index (κ2) is 5.53. The van der Waals surface area contributed by atoms with Gasteiger partial charge in [0.1, 0.15) is 12.1 Å². The number of hydrogen-bond acceptors (Lipinski definition) is 1. The van der Waals surface area contributed by atoms with E-state index in [1.54, 1.807) is 11.8 Å². The summed E-state index contributed by atoms with van der Waals surface area (Å²) in [5.74, 6) is 6.33. The average Bonchev–Trinajstić information content (AvgIpc) is 2.19. The third-order valence-electron chi connectivity index (χ3n) is 3.36. The van der Waals surface area contributed by atoms with Crippen molar-refractivity contribution in [2.24, 2.45) is 5.92 Å². The lowest BCUT2D eigenvalue weighted by Crippen LogP contribution is -3.12. The van der Waals surface area contributed by atoms with E-state index < -0.39 is 5.60 Å². The Hall–Kier alpha value is -0.520. The maximum Gasteiger partial charge on any atom is 0.139 e. The molecule has 0 unspecified atom stereocenters. The molecule has 0 saturated carbocycles. The van der Waals surface area contributed by atoms with E-state index in [0.29, 0.717) is 0 Å². The van der Waals surface area contributed by atoms with Crippen molar-refractivity contribution in [3.8, 4) is 11.8 Å². The van der Waals surface area contributed by atoms with Gasteiger partial charge in [-0.2, -0.15) is 0 Å². The maximum atomic E-state index is 9.94. The van der Waals surface area contributed by atoms with Gasteiger partial charge in [0.15, 0.2) is 0 Å². The van der Waals surface area contributed by atoms with Crippen LogP contribution in [0.15, 0.2) is 0 Å². The van der Waals surface area contributed by atoms with E-state index in [-0.39, 0.29) is 5.92 Å². The van der Waals surface area contributed by atoms with Crippen LogP contribution in [-0.4, -0.2) is 30.3 Å². The van der Waals surface area contributed by atoms with Gasteiger partial charge in [0, 0.05) is 0 Å². The molecule has 0 bridgehead atoms. The van der Waals surface area contributed by atoms with Crippen LogP contribution in [0.4, 0.5) is 0 Å². The number of piperidine rings is 1. The molecule has 0 aromatic rings. The predicted octanol–water partition coefficient (Wildman–Crippen LogP) is 0.466. The Morgan fingerprint density at radius 1 is 1.27 bits per heavy atom. The molecule has 0 amide bonds. The standard InChI is InChI=1S/C13H23NO/c1-12(2)13(3,15)8-7-11-14-9-5-4-6-10-14/h12,15H,4-6,9-11H2,1-3H3/p+1/t13-/m1/s1. The molecule has 0 aliphatic carbocycles. The Morgan fingerprint density at radius 2 is 1.87 bits per heavy atom. The first kappa shape index (κ1) is 12.5. The largest absolute Gasteiger partial charge is 0.378 e. The molecule has 1 atom stereocenters. The van der Waals surface area contributed by atoms with Gasteiger partial charge in [-0.15, -0.1) is 0 Å². The van der Waals surface area contributed by atoms with Gasteiger partial charge in [0.05, 0.1) is 13.1 Å². The molecule has 0 aromatic carbocycles. The average molecular weight is 210 g/mol. The quantitative estimate of drug-likeness (QED) is 0.636. The summed E-state index contributed by atoms with van der Waals surface area (Å²) in [5.41, 5.74) is -0.824. The Balaban J connectivity index is 2.37. The van der Waals surface area contributed by atoms with Gasteiger partial charge in [0.2, 0.25) is 0 Å². The third-order valence-corrected chi connectivity index (χ3v) is 3.36. The molecule has 0 aromatic heterocycles. The van der Waals surface area contributed by atoms with Crippen LogP contribution in [0.5, 0.6) is 0 Å². The topological polar surface area (TPSA) is 24.7 Å². The van der Waals surface area contributed by atoms with Crippen LogP contribution in [0.1, 0.15) is 40.0 Å². The molecule has 2 heteroatoms. The molecule has 1 aliphatic heterocycles. The second-order valence-corrected chi connectivity index (χ2v) is 5.09. The van der Waals surface area contributed by atoms with Crippen LogP contribution in [0.3, 0.4) is 0 Å². The molecule has 0 spiro atoms. The van der Waals surface area contributed by atoms with Gasteiger partial charge in [-0.1, -0.05) is 19.8 Å². The molecular weight excluding hydrogens is 186 g/mol. The molecule has 15 heavy (non-hydrogen) atoms. The van der Waals surface area contributed by atoms with E-state index in [1.807, 2.05) is 13.8 Å². The first-order valence-electron chi connectivity index (χ1n) is 6.08. The number of quaternary nitrogens is 1. The summed E-state index contributed by atoms with van der Waals surface area (Å²) >= 11 is 0. The zero-order valence-corrected chi connectivity index (χ0v) is 10.3. The van der Waals surface area contributed by atoms with Gasteiger partial charge < -0.3 is 10.0 Å². The Morgan fingerprint density at radius 3 is 2.40 bits per heavy atom. The molecule has 2 nitrogen and oxygen atoms in total. The Bertz CT molecular complexity index is 241. The van der Waals surface area contributed by atoms with Crippen molar-refractivity contribution < 1.29 is 10.0 Å². The van der Waals surface area contributed by atoms with Crippen molar-refractivity contribution in [1.29, 1.82) is 0 Å². The summed E-state index contributed by atoms with van der Waals surface area (Å²) in [6, 6.07) is 0. The van der Waals surface area contributed by atoms with Gasteiger partial charge in [-0.05, 0) is 38.0 Å². The van der Waals surface area contributed by atoms with Crippen LogP contribution in [0, 0.1) is 17.8 Å². The minimum absolute atomic E-state index is 0.196. The van der Waals surface area contributed by atoms with Crippen molar-refractivity contribution in [1.82, 2.24) is 0 Å². The van der Waals surface area contributed by atoms with Crippen molar-refractivity contribution in [3.05, 3.63) is 0 Å². The lowest BCUT2D eigenvalue weighted by molar-refractivity contribution is -0.897. The van der Waals surface area contributed by atoms with Crippen LogP contribution in [-0.2, 0) is 0 Å². The van der Waals surface area contributed by atoms with E-state index in [9.17, 15) is 5.11 Å². The van der Waals surface area contributed by atoms with Crippen LogP contribution >= 0.6 is 0 Å². The Labute approximate surface area is 93.7 Å². The Kier molecular flexibility index (Phi) is 4.63. The fourth-order valence-corrected chi connectivity index (χ4v) is 1.72. The second-order valence-electron chi connectivity index (χ2n) is 5.09. The lowest BCUT2D eigenvalue weighted by Gasteiger charge is -2.22. The summed E-state index contributed by atoms with van der Waals surface area (Å²) in [4.78, 5) is 1.58. The molecule has 2 N–H and O–H groups in total. The van der Waals surface area contributed by atoms with Gasteiger partial charge in [-0.3, -0.25) is 0 Å². The minimum atomic E-state index is -0.824. The SMILES string of the molecule is CC(C)[C@](C)(O)C#CC[NH+]1CCCCC1. The number of likely N-dealkylation sites (tertiary alicyclic amines) is 1. The first-order valence-corrected chi connectivity index (χ1v) is 6.08. The molecule has 86 valence electrons. The summed E-state index contributed by atoms with van der Waals surface area (Å²) in [6.45, 7) is 9.20. The molecule has 1 heterocycles. The third kappa shape index (κ3) is 4.24. The van der Waals surface area contributed by atoms with Crippen molar-refractivity contribution >= 4 is 0 Å². The zero-order chi connectivity index (χ0) is 11.3. The van der Waals surface area contributed by atoms with Crippen molar-refractivity contribution in [2.45, 2.75) is 45.6 Å². The predicted molar refractivity (Wildman–Crippen MR) is 62.7 cm³/mol. The summed E-state index contributed by atoms with van der Waals surface area (Å²) < 4.78 is 0. The number of hydrogen-bond donors (Lipinski definition) is 2. The summed E-state index contributed by atoms with van der Waals surface area (Å²) in [7, 11) is 0. The van der Waals surface area contributed by atoms with E-state index in [0.717, 1.165) is 6.54 Å². The summed E-state index contributed by atoms with van der Waals surface area (Å²) in [6.07, 6.45) is 4.04. The van der Waals surface area contributed by atoms with Gasteiger partial charge in [0.25, 0.3) is 0 Å². The van der Waals surface area contributed by atoms with Crippen molar-refractivity contribution in [3.63, 3.8) is 0 Å². The monoisotopic (exact) mass is 210 g/mol. The van der Waals surface area contributed by atoms with E-state index in [4.69, 9.17) is 0 Å².